The molecule has 2 aromatic rings. The lowest BCUT2D eigenvalue weighted by molar-refractivity contribution is -0.745. The summed E-state index contributed by atoms with van der Waals surface area (Å²) in [6, 6.07) is 0. The van der Waals surface area contributed by atoms with E-state index in [1.165, 1.54) is 15.5 Å². The fourth-order valence-electron chi connectivity index (χ4n) is 3.06. The van der Waals surface area contributed by atoms with Gasteiger partial charge in [-0.15, -0.1) is 0 Å². The van der Waals surface area contributed by atoms with E-state index in [0.717, 1.165) is 0 Å². The minimum atomic E-state index is -4.26. The SMILES string of the molecule is Cn1c[n+]([C@@H]2O[C@H](COP(=O)(O)NCCN=[N+]=[N-])C(O)C2O)c2nc(N)[nH]c(=O)c21. The first-order chi connectivity index (χ1) is 14.1. The average molecular weight is 446 g/mol. The summed E-state index contributed by atoms with van der Waals surface area (Å²) in [5, 5.41) is 26.1. The number of ether oxygens (including phenoxy) is 1. The van der Waals surface area contributed by atoms with E-state index in [1.807, 2.05) is 0 Å². The highest BCUT2D eigenvalue weighted by Crippen LogP contribution is 2.38. The molecule has 3 unspecified atom stereocenters. The molecular formula is C13H21N9O7P+. The molecule has 0 spiro atoms. The van der Waals surface area contributed by atoms with E-state index in [2.05, 4.69) is 25.1 Å². The largest absolute Gasteiger partial charge is 0.403 e. The van der Waals surface area contributed by atoms with Crippen LogP contribution in [0.25, 0.3) is 21.6 Å². The lowest BCUT2D eigenvalue weighted by Gasteiger charge is -2.17. The minimum absolute atomic E-state index is 0.0687. The highest BCUT2D eigenvalue weighted by molar-refractivity contribution is 7.50. The first-order valence-corrected chi connectivity index (χ1v) is 10.2. The number of nitrogens with zero attached hydrogens (tertiary/aromatic N) is 6. The number of aryl methyl sites for hydroxylation is 1. The standard InChI is InChI=1S/C13H20N9O7P/c1-21-5-22(10-7(21)11(25)19-13(14)18-10)12-9(24)8(23)6(29-12)4-28-30(26,27)17-3-2-16-20-15/h5-6,8-9,12,23-24H,2-4H2,1H3,(H4-,14,17,18,19,25,26,27)/p+1/t6-,8?,9?,12-/m1/s1. The summed E-state index contributed by atoms with van der Waals surface area (Å²) >= 11 is 0. The van der Waals surface area contributed by atoms with E-state index in [4.69, 9.17) is 20.5 Å². The Labute approximate surface area is 168 Å². The number of anilines is 1. The number of azide groups is 1. The van der Waals surface area contributed by atoms with Gasteiger partial charge in [0.25, 0.3) is 11.5 Å². The molecule has 3 heterocycles. The molecule has 0 aliphatic carbocycles. The van der Waals surface area contributed by atoms with Crippen LogP contribution in [-0.2, 0) is 20.9 Å². The van der Waals surface area contributed by atoms with Crippen LogP contribution in [0.2, 0.25) is 0 Å². The summed E-state index contributed by atoms with van der Waals surface area (Å²) in [5.41, 5.74) is 13.5. The number of fused-ring (bicyclic) bond motifs is 1. The van der Waals surface area contributed by atoms with Gasteiger partial charge in [0.15, 0.2) is 6.33 Å². The van der Waals surface area contributed by atoms with Crippen LogP contribution in [0, 0.1) is 0 Å². The molecule has 0 radical (unpaired) electrons. The Morgan fingerprint density at radius 1 is 1.57 bits per heavy atom. The van der Waals surface area contributed by atoms with E-state index in [9.17, 15) is 24.5 Å². The van der Waals surface area contributed by atoms with Crippen molar-refractivity contribution < 1.29 is 33.5 Å². The lowest BCUT2D eigenvalue weighted by atomic mass is 10.1. The van der Waals surface area contributed by atoms with Crippen LogP contribution < -0.4 is 20.9 Å². The Balaban J connectivity index is 1.75. The second-order valence-electron chi connectivity index (χ2n) is 6.48. The van der Waals surface area contributed by atoms with Gasteiger partial charge in [0.05, 0.1) is 13.7 Å². The molecule has 5 atom stereocenters. The minimum Gasteiger partial charge on any atom is -0.387 e. The summed E-state index contributed by atoms with van der Waals surface area (Å²) in [7, 11) is -2.68. The molecule has 1 fully saturated rings. The number of H-pyrrole nitrogens is 1. The van der Waals surface area contributed by atoms with Crippen molar-refractivity contribution in [1.29, 1.82) is 0 Å². The molecule has 1 aliphatic rings. The van der Waals surface area contributed by atoms with Gasteiger partial charge >= 0.3 is 13.4 Å². The van der Waals surface area contributed by atoms with Crippen LogP contribution in [0.4, 0.5) is 5.95 Å². The Bertz CT molecular complexity index is 1080. The molecule has 7 N–H and O–H groups in total. The first-order valence-electron chi connectivity index (χ1n) is 8.65. The fraction of sp³-hybridized carbons (Fsp3) is 0.615. The zero-order chi connectivity index (χ0) is 22.1. The van der Waals surface area contributed by atoms with Gasteiger partial charge in [0, 0.05) is 18.0 Å². The van der Waals surface area contributed by atoms with Gasteiger partial charge in [0.2, 0.25) is 11.7 Å². The zero-order valence-electron chi connectivity index (χ0n) is 15.7. The van der Waals surface area contributed by atoms with E-state index in [-0.39, 0.29) is 30.2 Å². The van der Waals surface area contributed by atoms with Crippen LogP contribution in [0.5, 0.6) is 0 Å². The van der Waals surface area contributed by atoms with Crippen molar-refractivity contribution in [3.05, 3.63) is 27.1 Å². The van der Waals surface area contributed by atoms with E-state index in [0.29, 0.717) is 0 Å². The highest BCUT2D eigenvalue weighted by atomic mass is 31.2. The van der Waals surface area contributed by atoms with Crippen LogP contribution in [0.3, 0.4) is 0 Å². The number of hydrogen-bond acceptors (Lipinski definition) is 9. The number of aliphatic hydroxyl groups excluding tert-OH is 2. The molecule has 0 aromatic carbocycles. The molecular weight excluding hydrogens is 425 g/mol. The molecule has 0 saturated carbocycles. The van der Waals surface area contributed by atoms with Gasteiger partial charge in [-0.05, 0) is 5.53 Å². The number of nitrogens with one attached hydrogen (secondary N) is 2. The van der Waals surface area contributed by atoms with Gasteiger partial charge in [0.1, 0.15) is 18.3 Å². The topological polar surface area (TPSA) is 238 Å². The highest BCUT2D eigenvalue weighted by Gasteiger charge is 2.47. The Hall–Kier alpha value is -2.55. The molecule has 0 bridgehead atoms. The van der Waals surface area contributed by atoms with Gasteiger partial charge in [-0.1, -0.05) is 10.1 Å². The van der Waals surface area contributed by atoms with Gasteiger partial charge in [-0.2, -0.15) is 0 Å². The Kier molecular flexibility index (Phi) is 6.40. The lowest BCUT2D eigenvalue weighted by Crippen LogP contribution is -2.46. The number of imidazole rings is 1. The molecule has 2 aromatic heterocycles. The summed E-state index contributed by atoms with van der Waals surface area (Å²) in [6.07, 6.45) is -3.80. The van der Waals surface area contributed by atoms with Crippen molar-refractivity contribution in [3.8, 4) is 0 Å². The molecule has 17 heteroatoms. The van der Waals surface area contributed by atoms with E-state index in [1.54, 1.807) is 7.05 Å². The summed E-state index contributed by atoms with van der Waals surface area (Å²) in [6.45, 7) is -0.704. The number of aromatic amines is 1. The van der Waals surface area contributed by atoms with Crippen LogP contribution in [0.1, 0.15) is 6.23 Å². The van der Waals surface area contributed by atoms with Gasteiger partial charge in [-0.3, -0.25) is 18.9 Å². The predicted molar refractivity (Wildman–Crippen MR) is 99.7 cm³/mol. The van der Waals surface area contributed by atoms with Crippen LogP contribution in [-0.4, -0.2) is 67.6 Å². The Morgan fingerprint density at radius 2 is 2.30 bits per heavy atom. The van der Waals surface area contributed by atoms with Crippen LogP contribution in [0.15, 0.2) is 16.2 Å². The van der Waals surface area contributed by atoms with Crippen molar-refractivity contribution in [2.75, 3.05) is 25.4 Å². The third-order valence-electron chi connectivity index (χ3n) is 4.40. The summed E-state index contributed by atoms with van der Waals surface area (Å²) in [4.78, 5) is 30.8. The van der Waals surface area contributed by atoms with E-state index >= 15 is 0 Å². The number of nitrogen functional groups attached to an aromatic ring is 1. The molecule has 164 valence electrons. The Morgan fingerprint density at radius 3 is 3.00 bits per heavy atom. The number of hydrogen-bond donors (Lipinski definition) is 6. The maximum absolute atomic E-state index is 12.1. The van der Waals surface area contributed by atoms with Gasteiger partial charge in [-0.25, -0.2) is 14.2 Å². The van der Waals surface area contributed by atoms with E-state index < -0.39 is 44.5 Å². The maximum Gasteiger partial charge on any atom is 0.403 e. The number of aliphatic hydroxyl groups is 2. The van der Waals surface area contributed by atoms with Crippen molar-refractivity contribution >= 4 is 24.9 Å². The molecule has 16 nitrogen and oxygen atoms in total. The normalized spacial score (nSPS) is 25.9. The predicted octanol–water partition coefficient (Wildman–Crippen LogP) is -2.23. The van der Waals surface area contributed by atoms with Crippen molar-refractivity contribution in [1.82, 2.24) is 19.6 Å². The summed E-state index contributed by atoms with van der Waals surface area (Å²) in [5.74, 6) is -0.145. The molecule has 0 amide bonds. The van der Waals surface area contributed by atoms with Crippen molar-refractivity contribution in [2.24, 2.45) is 12.2 Å². The molecule has 3 rings (SSSR count). The number of nitrogens with two attached hydrogens (primary N) is 1. The second-order valence-corrected chi connectivity index (χ2v) is 8.10. The van der Waals surface area contributed by atoms with Crippen molar-refractivity contribution in [3.63, 3.8) is 0 Å². The van der Waals surface area contributed by atoms with Crippen LogP contribution >= 0.6 is 7.75 Å². The number of rotatable bonds is 8. The zero-order valence-corrected chi connectivity index (χ0v) is 16.6. The summed E-state index contributed by atoms with van der Waals surface area (Å²) < 4.78 is 25.2. The fourth-order valence-corrected chi connectivity index (χ4v) is 3.88. The monoisotopic (exact) mass is 446 g/mol. The molecule has 1 aliphatic heterocycles. The second kappa shape index (κ2) is 8.67. The maximum atomic E-state index is 12.1. The third kappa shape index (κ3) is 4.45. The third-order valence-corrected chi connectivity index (χ3v) is 5.52. The van der Waals surface area contributed by atoms with Gasteiger partial charge < -0.3 is 25.6 Å². The molecule has 30 heavy (non-hydrogen) atoms. The first kappa shape index (κ1) is 22.1. The number of aromatic nitrogens is 4. The smallest absolute Gasteiger partial charge is 0.387 e. The average Bonchev–Trinajstić information content (AvgIpc) is 3.14. The van der Waals surface area contributed by atoms with Crippen molar-refractivity contribution in [2.45, 2.75) is 24.5 Å². The molecule has 1 saturated heterocycles. The quantitative estimate of drug-likeness (QED) is 0.0636.